The van der Waals surface area contributed by atoms with Crippen molar-refractivity contribution in [1.29, 1.82) is 0 Å². The van der Waals surface area contributed by atoms with Crippen LogP contribution in [0.1, 0.15) is 36.2 Å². The fourth-order valence-electron chi connectivity index (χ4n) is 3.65. The van der Waals surface area contributed by atoms with Crippen molar-refractivity contribution in [2.75, 3.05) is 18.8 Å². The van der Waals surface area contributed by atoms with Crippen LogP contribution in [0.2, 0.25) is 0 Å². The third kappa shape index (κ3) is 5.02. The van der Waals surface area contributed by atoms with Gasteiger partial charge in [0.2, 0.25) is 0 Å². The van der Waals surface area contributed by atoms with Gasteiger partial charge in [-0.3, -0.25) is 9.58 Å². The summed E-state index contributed by atoms with van der Waals surface area (Å²) in [5, 5.41) is 14.4. The predicted molar refractivity (Wildman–Crippen MR) is 112 cm³/mol. The Balaban J connectivity index is 1.41. The van der Waals surface area contributed by atoms with Gasteiger partial charge in [-0.15, -0.1) is 10.2 Å². The second-order valence-corrected chi connectivity index (χ2v) is 8.49. The number of benzene rings is 1. The van der Waals surface area contributed by atoms with Crippen molar-refractivity contribution in [3.63, 3.8) is 0 Å². The number of aromatic nitrogens is 5. The fraction of sp³-hybridized carbons (Fsp3) is 0.476. The largest absolute Gasteiger partial charge is 0.300 e. The van der Waals surface area contributed by atoms with E-state index in [-0.39, 0.29) is 0 Å². The fourth-order valence-corrected chi connectivity index (χ4v) is 4.54. The standard InChI is InChI=1S/C21H28N6S/c1-25-15-19(14-22-25)10-7-13-28-21-24-23-20(17-26-11-5-6-12-26)27(21)16-18-8-3-2-4-9-18/h2-4,8-9,14-15H,5-7,10-13,16-17H2,1H3. The van der Waals surface area contributed by atoms with Crippen LogP contribution in [0.5, 0.6) is 0 Å². The number of hydrogen-bond donors (Lipinski definition) is 0. The first-order valence-corrected chi connectivity index (χ1v) is 11.1. The van der Waals surface area contributed by atoms with Gasteiger partial charge in [-0.25, -0.2) is 0 Å². The molecule has 3 heterocycles. The number of likely N-dealkylation sites (tertiary alicyclic amines) is 1. The van der Waals surface area contributed by atoms with Gasteiger partial charge in [0.25, 0.3) is 0 Å². The molecule has 0 spiro atoms. The van der Waals surface area contributed by atoms with E-state index in [1.165, 1.54) is 37.1 Å². The summed E-state index contributed by atoms with van der Waals surface area (Å²) in [6.07, 6.45) is 8.79. The molecule has 2 aromatic heterocycles. The molecular weight excluding hydrogens is 368 g/mol. The third-order valence-electron chi connectivity index (χ3n) is 5.14. The maximum Gasteiger partial charge on any atom is 0.191 e. The molecule has 1 aliphatic heterocycles. The molecule has 0 unspecified atom stereocenters. The van der Waals surface area contributed by atoms with Gasteiger partial charge in [0.15, 0.2) is 5.16 Å². The summed E-state index contributed by atoms with van der Waals surface area (Å²) in [6.45, 7) is 4.08. The van der Waals surface area contributed by atoms with Crippen molar-refractivity contribution in [1.82, 2.24) is 29.4 Å². The van der Waals surface area contributed by atoms with E-state index in [0.717, 1.165) is 42.7 Å². The second kappa shape index (κ2) is 9.39. The molecule has 0 bridgehead atoms. The first kappa shape index (κ1) is 19.2. The van der Waals surface area contributed by atoms with E-state index in [9.17, 15) is 0 Å². The number of aryl methyl sites for hydroxylation is 2. The van der Waals surface area contributed by atoms with Crippen LogP contribution < -0.4 is 0 Å². The van der Waals surface area contributed by atoms with Crippen LogP contribution in [0.3, 0.4) is 0 Å². The van der Waals surface area contributed by atoms with Crippen molar-refractivity contribution in [3.05, 3.63) is 59.7 Å². The normalized spacial score (nSPS) is 14.8. The Kier molecular flexibility index (Phi) is 6.44. The summed E-state index contributed by atoms with van der Waals surface area (Å²) in [6, 6.07) is 10.6. The van der Waals surface area contributed by atoms with Crippen LogP contribution in [-0.2, 0) is 26.6 Å². The van der Waals surface area contributed by atoms with Crippen molar-refractivity contribution >= 4 is 11.8 Å². The molecule has 0 N–H and O–H groups in total. The highest BCUT2D eigenvalue weighted by molar-refractivity contribution is 7.99. The summed E-state index contributed by atoms with van der Waals surface area (Å²) in [7, 11) is 1.96. The quantitative estimate of drug-likeness (QED) is 0.410. The topological polar surface area (TPSA) is 51.8 Å². The molecule has 28 heavy (non-hydrogen) atoms. The summed E-state index contributed by atoms with van der Waals surface area (Å²) < 4.78 is 4.17. The summed E-state index contributed by atoms with van der Waals surface area (Å²) >= 11 is 1.81. The Morgan fingerprint density at radius 1 is 1.00 bits per heavy atom. The Hall–Kier alpha value is -2.12. The maximum absolute atomic E-state index is 4.55. The zero-order chi connectivity index (χ0) is 19.2. The van der Waals surface area contributed by atoms with Crippen LogP contribution in [0.4, 0.5) is 0 Å². The van der Waals surface area contributed by atoms with Crippen LogP contribution in [0, 0.1) is 0 Å². The zero-order valence-corrected chi connectivity index (χ0v) is 17.3. The zero-order valence-electron chi connectivity index (χ0n) is 16.5. The highest BCUT2D eigenvalue weighted by Gasteiger charge is 2.18. The molecule has 148 valence electrons. The van der Waals surface area contributed by atoms with Crippen LogP contribution >= 0.6 is 11.8 Å². The molecule has 1 aliphatic rings. The first-order valence-electron chi connectivity index (χ1n) is 10.1. The monoisotopic (exact) mass is 396 g/mol. The molecule has 0 radical (unpaired) electrons. The third-order valence-corrected chi connectivity index (χ3v) is 6.19. The average Bonchev–Trinajstić information content (AvgIpc) is 3.44. The van der Waals surface area contributed by atoms with Gasteiger partial charge in [0.05, 0.1) is 19.3 Å². The molecule has 7 heteroatoms. The number of hydrogen-bond acceptors (Lipinski definition) is 5. The minimum atomic E-state index is 0.835. The van der Waals surface area contributed by atoms with Gasteiger partial charge in [-0.1, -0.05) is 42.1 Å². The van der Waals surface area contributed by atoms with E-state index in [1.807, 2.05) is 29.7 Å². The molecule has 0 aliphatic carbocycles. The summed E-state index contributed by atoms with van der Waals surface area (Å²) in [5.74, 6) is 2.12. The van der Waals surface area contributed by atoms with Crippen LogP contribution in [0.15, 0.2) is 47.9 Å². The first-order chi connectivity index (χ1) is 13.8. The highest BCUT2D eigenvalue weighted by atomic mass is 32.2. The number of nitrogens with zero attached hydrogens (tertiary/aromatic N) is 6. The summed E-state index contributed by atoms with van der Waals surface area (Å²) in [5.41, 5.74) is 2.59. The van der Waals surface area contributed by atoms with Gasteiger partial charge in [0.1, 0.15) is 5.82 Å². The SMILES string of the molecule is Cn1cc(CCCSc2nnc(CN3CCCC3)n2Cc2ccccc2)cn1. The molecule has 1 fully saturated rings. The average molecular weight is 397 g/mol. The van der Waals surface area contributed by atoms with E-state index in [0.29, 0.717) is 0 Å². The van der Waals surface area contributed by atoms with E-state index < -0.39 is 0 Å². The molecule has 1 aromatic carbocycles. The molecule has 0 saturated carbocycles. The van der Waals surface area contributed by atoms with Gasteiger partial charge < -0.3 is 4.57 Å². The smallest absolute Gasteiger partial charge is 0.191 e. The molecule has 6 nitrogen and oxygen atoms in total. The van der Waals surface area contributed by atoms with E-state index in [4.69, 9.17) is 0 Å². The van der Waals surface area contributed by atoms with Crippen molar-refractivity contribution in [3.8, 4) is 0 Å². The van der Waals surface area contributed by atoms with Crippen molar-refractivity contribution < 1.29 is 0 Å². The Morgan fingerprint density at radius 3 is 2.57 bits per heavy atom. The van der Waals surface area contributed by atoms with Gasteiger partial charge in [-0.2, -0.15) is 5.10 Å². The van der Waals surface area contributed by atoms with Gasteiger partial charge in [0, 0.05) is 19.0 Å². The van der Waals surface area contributed by atoms with Crippen molar-refractivity contribution in [2.45, 2.75) is 43.9 Å². The molecule has 0 atom stereocenters. The Morgan fingerprint density at radius 2 is 1.82 bits per heavy atom. The lowest BCUT2D eigenvalue weighted by Gasteiger charge is -2.16. The van der Waals surface area contributed by atoms with Crippen LogP contribution in [0.25, 0.3) is 0 Å². The molecule has 0 amide bonds. The van der Waals surface area contributed by atoms with Crippen molar-refractivity contribution in [2.24, 2.45) is 7.05 Å². The minimum absolute atomic E-state index is 0.835. The second-order valence-electron chi connectivity index (χ2n) is 7.43. The minimum Gasteiger partial charge on any atom is -0.300 e. The molecule has 1 saturated heterocycles. The van der Waals surface area contributed by atoms with E-state index >= 15 is 0 Å². The molecule has 3 aromatic rings. The lowest BCUT2D eigenvalue weighted by molar-refractivity contribution is 0.316. The van der Waals surface area contributed by atoms with Crippen LogP contribution in [-0.4, -0.2) is 48.3 Å². The van der Waals surface area contributed by atoms with E-state index in [2.05, 4.69) is 61.3 Å². The number of thioether (sulfide) groups is 1. The molecular formula is C21H28N6S. The lowest BCUT2D eigenvalue weighted by Crippen LogP contribution is -2.21. The highest BCUT2D eigenvalue weighted by Crippen LogP contribution is 2.22. The number of rotatable bonds is 9. The van der Waals surface area contributed by atoms with E-state index in [1.54, 1.807) is 0 Å². The molecule has 4 rings (SSSR count). The predicted octanol–water partition coefficient (Wildman–Crippen LogP) is 3.38. The van der Waals surface area contributed by atoms with Gasteiger partial charge >= 0.3 is 0 Å². The Bertz CT molecular complexity index is 866. The van der Waals surface area contributed by atoms with Gasteiger partial charge in [-0.05, 0) is 49.9 Å². The maximum atomic E-state index is 4.55. The summed E-state index contributed by atoms with van der Waals surface area (Å²) in [4.78, 5) is 2.49. The lowest BCUT2D eigenvalue weighted by atomic mass is 10.2. The Labute approximate surface area is 171 Å².